The van der Waals surface area contributed by atoms with Gasteiger partial charge in [0.15, 0.2) is 11.2 Å². The Morgan fingerprint density at radius 1 is 1.60 bits per heavy atom. The van der Waals surface area contributed by atoms with E-state index in [1.165, 1.54) is 5.38 Å². The molecule has 1 unspecified atom stereocenters. The molecule has 1 aromatic heterocycles. The number of hydrogen-bond donors (Lipinski definition) is 3. The van der Waals surface area contributed by atoms with Crippen molar-refractivity contribution in [1.29, 1.82) is 0 Å². The Morgan fingerprint density at radius 2 is 2.35 bits per heavy atom. The Balaban J connectivity index is 2.65. The number of thiazole rings is 1. The van der Waals surface area contributed by atoms with Gasteiger partial charge in [0.05, 0.1) is 12.3 Å². The van der Waals surface area contributed by atoms with Crippen molar-refractivity contribution >= 4 is 34.9 Å². The van der Waals surface area contributed by atoms with E-state index in [9.17, 15) is 14.4 Å². The van der Waals surface area contributed by atoms with Gasteiger partial charge in [-0.05, 0) is 6.42 Å². The lowest BCUT2D eigenvalue weighted by atomic mass is 10.2. The van der Waals surface area contributed by atoms with Crippen molar-refractivity contribution in [2.24, 2.45) is 5.73 Å². The summed E-state index contributed by atoms with van der Waals surface area (Å²) in [6.07, 6.45) is 1.35. The average Bonchev–Trinajstić information content (AvgIpc) is 2.84. The summed E-state index contributed by atoms with van der Waals surface area (Å²) >= 11 is 1.12. The first-order chi connectivity index (χ1) is 9.58. The molecule has 0 aliphatic carbocycles. The Hall–Kier alpha value is -2.16. The molecule has 8 nitrogen and oxygen atoms in total. The summed E-state index contributed by atoms with van der Waals surface area (Å²) in [6.45, 7) is 2.23. The zero-order valence-electron chi connectivity index (χ0n) is 10.9. The van der Waals surface area contributed by atoms with E-state index in [2.05, 4.69) is 15.6 Å². The van der Waals surface area contributed by atoms with Gasteiger partial charge >= 0.3 is 6.09 Å². The predicted molar refractivity (Wildman–Crippen MR) is 73.1 cm³/mol. The highest BCUT2D eigenvalue weighted by Crippen LogP contribution is 2.20. The molecular weight excluding hydrogens is 284 g/mol. The highest BCUT2D eigenvalue weighted by molar-refractivity contribution is 7.13. The standard InChI is InChI=1S/C11H16N4O4S/c1-2-3-4-19-11(18)15-8(9(12)17)7-5-20-10(14-7)13-6-16/h5-6,8H,2-4H2,1H3,(H2,12,17)(H,15,18)(H,13,14,16). The number of carbonyl (C=O) groups is 3. The zero-order chi connectivity index (χ0) is 15.0. The van der Waals surface area contributed by atoms with Gasteiger partial charge in [0.1, 0.15) is 0 Å². The summed E-state index contributed by atoms with van der Waals surface area (Å²) < 4.78 is 4.88. The quantitative estimate of drug-likeness (QED) is 0.483. The minimum atomic E-state index is -1.09. The minimum Gasteiger partial charge on any atom is -0.450 e. The maximum absolute atomic E-state index is 11.5. The maximum Gasteiger partial charge on any atom is 0.408 e. The molecule has 1 heterocycles. The van der Waals surface area contributed by atoms with Crippen LogP contribution in [0.2, 0.25) is 0 Å². The van der Waals surface area contributed by atoms with E-state index in [-0.39, 0.29) is 12.3 Å². The Labute approximate surface area is 119 Å². The van der Waals surface area contributed by atoms with Crippen LogP contribution in [-0.4, -0.2) is 30.0 Å². The molecule has 110 valence electrons. The lowest BCUT2D eigenvalue weighted by molar-refractivity contribution is -0.120. The average molecular weight is 300 g/mol. The number of primary amides is 1. The van der Waals surface area contributed by atoms with Crippen LogP contribution in [0.5, 0.6) is 0 Å². The maximum atomic E-state index is 11.5. The Morgan fingerprint density at radius 3 is 2.95 bits per heavy atom. The first kappa shape index (κ1) is 15.9. The molecule has 0 saturated carbocycles. The second kappa shape index (κ2) is 8.10. The molecule has 0 aliphatic rings. The number of alkyl carbamates (subject to hydrolysis) is 1. The summed E-state index contributed by atoms with van der Waals surface area (Å²) in [5.41, 5.74) is 5.47. The fourth-order valence-electron chi connectivity index (χ4n) is 1.29. The molecule has 1 rings (SSSR count). The Bertz CT molecular complexity index is 477. The lowest BCUT2D eigenvalue weighted by Gasteiger charge is -2.13. The molecule has 0 saturated heterocycles. The summed E-state index contributed by atoms with van der Waals surface area (Å²) in [5.74, 6) is -0.764. The van der Waals surface area contributed by atoms with E-state index in [1.54, 1.807) is 0 Å². The number of hydrogen-bond acceptors (Lipinski definition) is 6. The second-order valence-electron chi connectivity index (χ2n) is 3.81. The summed E-state index contributed by atoms with van der Waals surface area (Å²) in [5, 5.41) is 6.52. The van der Waals surface area contributed by atoms with Gasteiger partial charge in [-0.2, -0.15) is 0 Å². The van der Waals surface area contributed by atoms with Gasteiger partial charge in [0.25, 0.3) is 0 Å². The third-order valence-corrected chi connectivity index (χ3v) is 3.07. The highest BCUT2D eigenvalue weighted by Gasteiger charge is 2.23. The molecule has 0 aromatic carbocycles. The van der Waals surface area contributed by atoms with Crippen molar-refractivity contribution in [2.75, 3.05) is 11.9 Å². The van der Waals surface area contributed by atoms with Gasteiger partial charge in [0.2, 0.25) is 12.3 Å². The van der Waals surface area contributed by atoms with Gasteiger partial charge in [0, 0.05) is 5.38 Å². The second-order valence-corrected chi connectivity index (χ2v) is 4.67. The number of nitrogens with zero attached hydrogens (tertiary/aromatic N) is 1. The smallest absolute Gasteiger partial charge is 0.408 e. The molecule has 0 spiro atoms. The van der Waals surface area contributed by atoms with E-state index < -0.39 is 18.0 Å². The predicted octanol–water partition coefficient (Wildman–Crippen LogP) is 0.764. The van der Waals surface area contributed by atoms with Gasteiger partial charge in [-0.25, -0.2) is 9.78 Å². The summed E-state index contributed by atoms with van der Waals surface area (Å²) in [7, 11) is 0. The van der Waals surface area contributed by atoms with Crippen LogP contribution in [0.1, 0.15) is 31.5 Å². The van der Waals surface area contributed by atoms with Crippen LogP contribution in [0, 0.1) is 0 Å². The first-order valence-electron chi connectivity index (χ1n) is 5.96. The minimum absolute atomic E-state index is 0.249. The number of carbonyl (C=O) groups excluding carboxylic acids is 3. The third kappa shape index (κ3) is 4.84. The van der Waals surface area contributed by atoms with Gasteiger partial charge in [-0.1, -0.05) is 13.3 Å². The fraction of sp³-hybridized carbons (Fsp3) is 0.455. The topological polar surface area (TPSA) is 123 Å². The number of amides is 3. The van der Waals surface area contributed by atoms with Crippen LogP contribution in [-0.2, 0) is 14.3 Å². The summed E-state index contributed by atoms with van der Waals surface area (Å²) in [6, 6.07) is -1.09. The molecule has 0 fully saturated rings. The Kier molecular flexibility index (Phi) is 6.44. The molecule has 0 radical (unpaired) electrons. The van der Waals surface area contributed by atoms with Crippen molar-refractivity contribution in [3.8, 4) is 0 Å². The van der Waals surface area contributed by atoms with Crippen LogP contribution in [0.3, 0.4) is 0 Å². The molecule has 0 aliphatic heterocycles. The van der Waals surface area contributed by atoms with Crippen LogP contribution in [0.15, 0.2) is 5.38 Å². The van der Waals surface area contributed by atoms with Crippen molar-refractivity contribution in [2.45, 2.75) is 25.8 Å². The monoisotopic (exact) mass is 300 g/mol. The number of anilines is 1. The summed E-state index contributed by atoms with van der Waals surface area (Å²) in [4.78, 5) is 37.1. The molecule has 0 bridgehead atoms. The normalized spacial score (nSPS) is 11.4. The molecule has 1 atom stereocenters. The van der Waals surface area contributed by atoms with E-state index in [1.807, 2.05) is 6.92 Å². The largest absolute Gasteiger partial charge is 0.450 e. The van der Waals surface area contributed by atoms with Crippen molar-refractivity contribution in [1.82, 2.24) is 10.3 Å². The number of nitrogens with one attached hydrogen (secondary N) is 2. The highest BCUT2D eigenvalue weighted by atomic mass is 32.1. The molecule has 4 N–H and O–H groups in total. The van der Waals surface area contributed by atoms with Crippen LogP contribution in [0.4, 0.5) is 9.93 Å². The fourth-order valence-corrected chi connectivity index (χ4v) is 1.99. The third-order valence-electron chi connectivity index (χ3n) is 2.28. The van der Waals surface area contributed by atoms with Gasteiger partial charge in [-0.3, -0.25) is 9.59 Å². The molecule has 20 heavy (non-hydrogen) atoms. The first-order valence-corrected chi connectivity index (χ1v) is 6.84. The lowest BCUT2D eigenvalue weighted by Crippen LogP contribution is -2.38. The van der Waals surface area contributed by atoms with Crippen molar-refractivity contribution in [3.63, 3.8) is 0 Å². The number of unbranched alkanes of at least 4 members (excludes halogenated alkanes) is 1. The number of rotatable bonds is 8. The van der Waals surface area contributed by atoms with E-state index in [0.717, 1.165) is 24.2 Å². The van der Waals surface area contributed by atoms with E-state index >= 15 is 0 Å². The zero-order valence-corrected chi connectivity index (χ0v) is 11.7. The molecule has 3 amide bonds. The molecule has 1 aromatic rings. The van der Waals surface area contributed by atoms with Gasteiger partial charge in [-0.15, -0.1) is 11.3 Å². The number of aromatic nitrogens is 1. The van der Waals surface area contributed by atoms with Crippen molar-refractivity contribution < 1.29 is 19.1 Å². The van der Waals surface area contributed by atoms with Crippen LogP contribution in [0.25, 0.3) is 0 Å². The molecule has 9 heteroatoms. The van der Waals surface area contributed by atoms with Crippen molar-refractivity contribution in [3.05, 3.63) is 11.1 Å². The molecular formula is C11H16N4O4S. The van der Waals surface area contributed by atoms with Crippen LogP contribution < -0.4 is 16.4 Å². The number of ether oxygens (including phenoxy) is 1. The number of nitrogens with two attached hydrogens (primary N) is 1. The van der Waals surface area contributed by atoms with Crippen LogP contribution >= 0.6 is 11.3 Å². The van der Waals surface area contributed by atoms with E-state index in [4.69, 9.17) is 10.5 Å². The van der Waals surface area contributed by atoms with Gasteiger partial charge < -0.3 is 21.1 Å². The van der Waals surface area contributed by atoms with E-state index in [0.29, 0.717) is 11.5 Å². The SMILES string of the molecule is CCCCOC(=O)NC(C(N)=O)c1csc(NC=O)n1.